The monoisotopic (exact) mass is 241 g/mol. The number of rotatable bonds is 3. The van der Waals surface area contributed by atoms with Gasteiger partial charge in [0.05, 0.1) is 0 Å². The van der Waals surface area contributed by atoms with Gasteiger partial charge in [-0.1, -0.05) is 12.8 Å². The van der Waals surface area contributed by atoms with Crippen molar-refractivity contribution < 1.29 is 14.6 Å². The van der Waals surface area contributed by atoms with E-state index < -0.39 is 5.97 Å². The zero-order valence-corrected chi connectivity index (χ0v) is 10.4. The fourth-order valence-electron chi connectivity index (χ4n) is 3.06. The van der Waals surface area contributed by atoms with Gasteiger partial charge in [0.2, 0.25) is 0 Å². The van der Waals surface area contributed by atoms with Gasteiger partial charge < -0.3 is 9.84 Å². The molecule has 1 atom stereocenters. The molecule has 0 spiro atoms. The highest BCUT2D eigenvalue weighted by Crippen LogP contribution is 2.25. The van der Waals surface area contributed by atoms with E-state index >= 15 is 0 Å². The molecule has 0 amide bonds. The highest BCUT2D eigenvalue weighted by molar-refractivity contribution is 5.74. The molecule has 17 heavy (non-hydrogen) atoms. The van der Waals surface area contributed by atoms with Crippen LogP contribution in [0.2, 0.25) is 0 Å². The number of ether oxygens (including phenoxy) is 1. The molecule has 2 aliphatic heterocycles. The van der Waals surface area contributed by atoms with Crippen molar-refractivity contribution in [1.82, 2.24) is 4.90 Å². The zero-order chi connectivity index (χ0) is 12.1. The van der Waals surface area contributed by atoms with E-state index in [1.807, 2.05) is 0 Å². The number of aliphatic carboxylic acids is 1. The summed E-state index contributed by atoms with van der Waals surface area (Å²) in [7, 11) is 0. The maximum Gasteiger partial charge on any atom is 0.321 e. The average Bonchev–Trinajstić information content (AvgIpc) is 2.59. The SMILES string of the molecule is O=C(O)C(C1CCOCC1)N1CCCCCC1. The first-order valence-corrected chi connectivity index (χ1v) is 6.83. The summed E-state index contributed by atoms with van der Waals surface area (Å²) in [5, 5.41) is 9.49. The van der Waals surface area contributed by atoms with Gasteiger partial charge in [-0.3, -0.25) is 9.69 Å². The van der Waals surface area contributed by atoms with Crippen molar-refractivity contribution in [1.29, 1.82) is 0 Å². The van der Waals surface area contributed by atoms with Gasteiger partial charge in [0.15, 0.2) is 0 Å². The Bertz CT molecular complexity index is 243. The normalized spacial score (nSPS) is 26.4. The van der Waals surface area contributed by atoms with E-state index in [1.165, 1.54) is 12.8 Å². The molecular weight excluding hydrogens is 218 g/mol. The van der Waals surface area contributed by atoms with Crippen molar-refractivity contribution in [2.24, 2.45) is 5.92 Å². The number of carboxylic acids is 1. The lowest BCUT2D eigenvalue weighted by Gasteiger charge is -2.35. The van der Waals surface area contributed by atoms with E-state index in [9.17, 15) is 9.90 Å². The van der Waals surface area contributed by atoms with Crippen LogP contribution in [0, 0.1) is 5.92 Å². The minimum Gasteiger partial charge on any atom is -0.480 e. The lowest BCUT2D eigenvalue weighted by molar-refractivity contribution is -0.147. The number of nitrogens with zero attached hydrogens (tertiary/aromatic N) is 1. The van der Waals surface area contributed by atoms with Crippen LogP contribution in [-0.2, 0) is 9.53 Å². The Morgan fingerprint density at radius 2 is 1.71 bits per heavy atom. The molecule has 1 unspecified atom stereocenters. The largest absolute Gasteiger partial charge is 0.480 e. The predicted octanol–water partition coefficient (Wildman–Crippen LogP) is 1.74. The van der Waals surface area contributed by atoms with Crippen LogP contribution in [0.15, 0.2) is 0 Å². The average molecular weight is 241 g/mol. The van der Waals surface area contributed by atoms with Crippen LogP contribution in [-0.4, -0.2) is 48.3 Å². The van der Waals surface area contributed by atoms with Crippen molar-refractivity contribution in [3.63, 3.8) is 0 Å². The number of hydrogen-bond acceptors (Lipinski definition) is 3. The van der Waals surface area contributed by atoms with Crippen LogP contribution >= 0.6 is 0 Å². The number of carbonyl (C=O) groups is 1. The molecule has 0 aromatic rings. The molecule has 0 aromatic heterocycles. The Morgan fingerprint density at radius 1 is 1.12 bits per heavy atom. The minimum atomic E-state index is -0.640. The van der Waals surface area contributed by atoms with Gasteiger partial charge in [-0.25, -0.2) is 0 Å². The quantitative estimate of drug-likeness (QED) is 0.817. The zero-order valence-electron chi connectivity index (χ0n) is 10.4. The van der Waals surface area contributed by atoms with Crippen LogP contribution in [0.3, 0.4) is 0 Å². The summed E-state index contributed by atoms with van der Waals surface area (Å²) in [5.41, 5.74) is 0. The Labute approximate surface area is 103 Å². The standard InChI is InChI=1S/C13H23NO3/c15-13(16)12(11-5-9-17-10-6-11)14-7-3-1-2-4-8-14/h11-12H,1-10H2,(H,15,16). The lowest BCUT2D eigenvalue weighted by Crippen LogP contribution is -2.48. The van der Waals surface area contributed by atoms with E-state index in [2.05, 4.69) is 4.90 Å². The molecule has 0 aliphatic carbocycles. The van der Waals surface area contributed by atoms with Gasteiger partial charge in [0, 0.05) is 13.2 Å². The first kappa shape index (κ1) is 12.8. The van der Waals surface area contributed by atoms with Gasteiger partial charge in [-0.2, -0.15) is 0 Å². The van der Waals surface area contributed by atoms with Crippen molar-refractivity contribution in [2.75, 3.05) is 26.3 Å². The number of hydrogen-bond donors (Lipinski definition) is 1. The summed E-state index contributed by atoms with van der Waals surface area (Å²) in [5.74, 6) is -0.363. The molecule has 4 heteroatoms. The molecule has 2 saturated heterocycles. The first-order chi connectivity index (χ1) is 8.29. The Hall–Kier alpha value is -0.610. The molecule has 2 heterocycles. The molecular formula is C13H23NO3. The minimum absolute atomic E-state index is 0.277. The summed E-state index contributed by atoms with van der Waals surface area (Å²) < 4.78 is 5.33. The summed E-state index contributed by atoms with van der Waals surface area (Å²) in [4.78, 5) is 13.7. The molecule has 0 bridgehead atoms. The fourth-order valence-corrected chi connectivity index (χ4v) is 3.06. The molecule has 98 valence electrons. The van der Waals surface area contributed by atoms with Gasteiger partial charge in [-0.15, -0.1) is 0 Å². The summed E-state index contributed by atoms with van der Waals surface area (Å²) in [6, 6.07) is -0.281. The third-order valence-corrected chi connectivity index (χ3v) is 4.00. The van der Waals surface area contributed by atoms with Crippen LogP contribution in [0.5, 0.6) is 0 Å². The Kier molecular flexibility index (Phi) is 4.80. The van der Waals surface area contributed by atoms with Gasteiger partial charge >= 0.3 is 5.97 Å². The molecule has 0 radical (unpaired) electrons. The summed E-state index contributed by atoms with van der Waals surface area (Å²) in [6.07, 6.45) is 6.58. The second kappa shape index (κ2) is 6.36. The van der Waals surface area contributed by atoms with Gasteiger partial charge in [0.1, 0.15) is 6.04 Å². The number of carboxylic acid groups (broad SMARTS) is 1. The molecule has 4 nitrogen and oxygen atoms in total. The third-order valence-electron chi connectivity index (χ3n) is 4.00. The molecule has 2 aliphatic rings. The van der Waals surface area contributed by atoms with E-state index in [0.717, 1.165) is 52.0 Å². The molecule has 0 saturated carbocycles. The van der Waals surface area contributed by atoms with Crippen LogP contribution < -0.4 is 0 Å². The van der Waals surface area contributed by atoms with Crippen molar-refractivity contribution in [3.05, 3.63) is 0 Å². The third kappa shape index (κ3) is 3.42. The smallest absolute Gasteiger partial charge is 0.321 e. The topological polar surface area (TPSA) is 49.8 Å². The van der Waals surface area contributed by atoms with E-state index in [4.69, 9.17) is 4.74 Å². The second-order valence-electron chi connectivity index (χ2n) is 5.18. The van der Waals surface area contributed by atoms with Crippen LogP contribution in [0.25, 0.3) is 0 Å². The predicted molar refractivity (Wildman–Crippen MR) is 65.0 cm³/mol. The molecule has 2 rings (SSSR count). The second-order valence-corrected chi connectivity index (χ2v) is 5.18. The van der Waals surface area contributed by atoms with Crippen molar-refractivity contribution in [2.45, 2.75) is 44.6 Å². The van der Waals surface area contributed by atoms with Gasteiger partial charge in [0.25, 0.3) is 0 Å². The molecule has 2 fully saturated rings. The van der Waals surface area contributed by atoms with E-state index in [-0.39, 0.29) is 12.0 Å². The molecule has 1 N–H and O–H groups in total. The maximum atomic E-state index is 11.5. The molecule has 0 aromatic carbocycles. The van der Waals surface area contributed by atoms with Crippen molar-refractivity contribution >= 4 is 5.97 Å². The summed E-state index contributed by atoms with van der Waals surface area (Å²) in [6.45, 7) is 3.35. The fraction of sp³-hybridized carbons (Fsp3) is 0.923. The highest BCUT2D eigenvalue weighted by atomic mass is 16.5. The summed E-state index contributed by atoms with van der Waals surface area (Å²) >= 11 is 0. The first-order valence-electron chi connectivity index (χ1n) is 6.83. The van der Waals surface area contributed by atoms with E-state index in [1.54, 1.807) is 0 Å². The van der Waals surface area contributed by atoms with Crippen LogP contribution in [0.4, 0.5) is 0 Å². The lowest BCUT2D eigenvalue weighted by atomic mass is 9.90. The van der Waals surface area contributed by atoms with E-state index in [0.29, 0.717) is 0 Å². The van der Waals surface area contributed by atoms with Gasteiger partial charge in [-0.05, 0) is 44.7 Å². The number of likely N-dealkylation sites (tertiary alicyclic amines) is 1. The Morgan fingerprint density at radius 3 is 2.24 bits per heavy atom. The van der Waals surface area contributed by atoms with Crippen molar-refractivity contribution in [3.8, 4) is 0 Å². The Balaban J connectivity index is 2.01. The maximum absolute atomic E-state index is 11.5. The highest BCUT2D eigenvalue weighted by Gasteiger charge is 2.34. The van der Waals surface area contributed by atoms with Crippen LogP contribution in [0.1, 0.15) is 38.5 Å².